The van der Waals surface area contributed by atoms with Gasteiger partial charge in [0.05, 0.1) is 11.4 Å². The lowest BCUT2D eigenvalue weighted by molar-refractivity contribution is 0.894. The lowest BCUT2D eigenvalue weighted by Crippen LogP contribution is -2.05. The molecule has 2 N–H and O–H groups in total. The zero-order valence-electron chi connectivity index (χ0n) is 6.04. The standard InChI is InChI=1S/C7H11N3/c1-6-4-9-5-7(10-6)2-3-8/h4-5H,2-3,8H2,1H3. The monoisotopic (exact) mass is 137 g/mol. The van der Waals surface area contributed by atoms with Gasteiger partial charge in [-0.05, 0) is 13.5 Å². The molecule has 0 saturated carbocycles. The van der Waals surface area contributed by atoms with Gasteiger partial charge in [0.2, 0.25) is 0 Å². The van der Waals surface area contributed by atoms with Gasteiger partial charge in [-0.3, -0.25) is 9.97 Å². The average Bonchev–Trinajstić information content (AvgIpc) is 1.88. The fraction of sp³-hybridized carbons (Fsp3) is 0.429. The Labute approximate surface area is 60.3 Å². The minimum absolute atomic E-state index is 0.637. The summed E-state index contributed by atoms with van der Waals surface area (Å²) < 4.78 is 0. The van der Waals surface area contributed by atoms with E-state index in [0.29, 0.717) is 6.54 Å². The van der Waals surface area contributed by atoms with Crippen molar-refractivity contribution in [1.82, 2.24) is 9.97 Å². The first-order valence-corrected chi connectivity index (χ1v) is 3.30. The van der Waals surface area contributed by atoms with Crippen LogP contribution in [0.1, 0.15) is 11.4 Å². The van der Waals surface area contributed by atoms with Gasteiger partial charge in [0, 0.05) is 18.8 Å². The molecule has 54 valence electrons. The Hall–Kier alpha value is -0.960. The molecule has 0 spiro atoms. The number of aromatic nitrogens is 2. The van der Waals surface area contributed by atoms with Gasteiger partial charge in [-0.2, -0.15) is 0 Å². The molecule has 0 radical (unpaired) electrons. The molecule has 1 aromatic rings. The Morgan fingerprint density at radius 1 is 1.50 bits per heavy atom. The third-order valence-electron chi connectivity index (χ3n) is 1.21. The van der Waals surface area contributed by atoms with Gasteiger partial charge in [-0.25, -0.2) is 0 Å². The molecule has 1 rings (SSSR count). The van der Waals surface area contributed by atoms with Crippen LogP contribution >= 0.6 is 0 Å². The highest BCUT2D eigenvalue weighted by Gasteiger charge is 1.91. The number of hydrogen-bond acceptors (Lipinski definition) is 3. The first-order valence-electron chi connectivity index (χ1n) is 3.30. The summed E-state index contributed by atoms with van der Waals surface area (Å²) in [5.74, 6) is 0. The summed E-state index contributed by atoms with van der Waals surface area (Å²) >= 11 is 0. The van der Waals surface area contributed by atoms with Crippen molar-refractivity contribution >= 4 is 0 Å². The highest BCUT2D eigenvalue weighted by Crippen LogP contribution is 1.93. The number of nitrogens with two attached hydrogens (primary N) is 1. The molecule has 0 fully saturated rings. The predicted molar refractivity (Wildman–Crippen MR) is 39.5 cm³/mol. The van der Waals surface area contributed by atoms with E-state index in [0.717, 1.165) is 17.8 Å². The summed E-state index contributed by atoms with van der Waals surface area (Å²) in [6.45, 7) is 2.56. The van der Waals surface area contributed by atoms with Gasteiger partial charge in [0.1, 0.15) is 0 Å². The molecule has 0 unspecified atom stereocenters. The van der Waals surface area contributed by atoms with E-state index in [1.807, 2.05) is 6.92 Å². The summed E-state index contributed by atoms with van der Waals surface area (Å²) in [6, 6.07) is 0. The largest absolute Gasteiger partial charge is 0.330 e. The molecular formula is C7H11N3. The maximum atomic E-state index is 5.34. The summed E-state index contributed by atoms with van der Waals surface area (Å²) in [6.07, 6.45) is 4.30. The predicted octanol–water partition coefficient (Wildman–Crippen LogP) is 0.286. The first-order chi connectivity index (χ1) is 4.83. The van der Waals surface area contributed by atoms with E-state index >= 15 is 0 Å². The molecule has 0 atom stereocenters. The van der Waals surface area contributed by atoms with Crippen LogP contribution < -0.4 is 5.73 Å². The van der Waals surface area contributed by atoms with E-state index < -0.39 is 0 Å². The van der Waals surface area contributed by atoms with Crippen LogP contribution in [0.3, 0.4) is 0 Å². The van der Waals surface area contributed by atoms with Gasteiger partial charge in [-0.1, -0.05) is 0 Å². The molecule has 1 heterocycles. The van der Waals surface area contributed by atoms with Gasteiger partial charge in [-0.15, -0.1) is 0 Å². The van der Waals surface area contributed by atoms with Crippen LogP contribution in [-0.2, 0) is 6.42 Å². The van der Waals surface area contributed by atoms with Gasteiger partial charge < -0.3 is 5.73 Å². The van der Waals surface area contributed by atoms with E-state index in [-0.39, 0.29) is 0 Å². The van der Waals surface area contributed by atoms with E-state index in [1.165, 1.54) is 0 Å². The minimum atomic E-state index is 0.637. The van der Waals surface area contributed by atoms with Crippen LogP contribution in [0.2, 0.25) is 0 Å². The Kier molecular flexibility index (Phi) is 2.34. The van der Waals surface area contributed by atoms with Crippen molar-refractivity contribution in [3.05, 3.63) is 23.8 Å². The third-order valence-corrected chi connectivity index (χ3v) is 1.21. The lowest BCUT2D eigenvalue weighted by Gasteiger charge is -1.96. The normalized spacial score (nSPS) is 9.80. The van der Waals surface area contributed by atoms with E-state index in [1.54, 1.807) is 12.4 Å². The van der Waals surface area contributed by atoms with Crippen molar-refractivity contribution in [2.75, 3.05) is 6.54 Å². The fourth-order valence-electron chi connectivity index (χ4n) is 0.784. The second kappa shape index (κ2) is 3.27. The SMILES string of the molecule is Cc1cncc(CCN)n1. The van der Waals surface area contributed by atoms with Crippen LogP contribution in [0.15, 0.2) is 12.4 Å². The van der Waals surface area contributed by atoms with Gasteiger partial charge in [0.25, 0.3) is 0 Å². The second-order valence-electron chi connectivity index (χ2n) is 2.19. The molecule has 3 nitrogen and oxygen atoms in total. The average molecular weight is 137 g/mol. The molecule has 0 aliphatic carbocycles. The molecule has 0 saturated heterocycles. The Morgan fingerprint density at radius 3 is 2.90 bits per heavy atom. The van der Waals surface area contributed by atoms with Crippen LogP contribution in [0.5, 0.6) is 0 Å². The quantitative estimate of drug-likeness (QED) is 0.637. The molecule has 3 heteroatoms. The summed E-state index contributed by atoms with van der Waals surface area (Å²) in [5, 5.41) is 0. The number of rotatable bonds is 2. The lowest BCUT2D eigenvalue weighted by atomic mass is 10.3. The Morgan fingerprint density at radius 2 is 2.30 bits per heavy atom. The van der Waals surface area contributed by atoms with Crippen LogP contribution in [0.25, 0.3) is 0 Å². The molecule has 0 aliphatic heterocycles. The van der Waals surface area contributed by atoms with Crippen LogP contribution in [0.4, 0.5) is 0 Å². The number of nitrogens with zero attached hydrogens (tertiary/aromatic N) is 2. The smallest absolute Gasteiger partial charge is 0.0602 e. The van der Waals surface area contributed by atoms with Crippen molar-refractivity contribution in [3.8, 4) is 0 Å². The maximum absolute atomic E-state index is 5.34. The minimum Gasteiger partial charge on any atom is -0.330 e. The third kappa shape index (κ3) is 1.77. The van der Waals surface area contributed by atoms with Crippen molar-refractivity contribution in [2.24, 2.45) is 5.73 Å². The molecule has 1 aromatic heterocycles. The second-order valence-corrected chi connectivity index (χ2v) is 2.19. The van der Waals surface area contributed by atoms with E-state index in [2.05, 4.69) is 9.97 Å². The summed E-state index contributed by atoms with van der Waals surface area (Å²) in [5.41, 5.74) is 7.27. The molecule has 0 bridgehead atoms. The number of hydrogen-bond donors (Lipinski definition) is 1. The molecule has 0 aromatic carbocycles. The zero-order valence-corrected chi connectivity index (χ0v) is 6.04. The Balaban J connectivity index is 2.75. The Bertz CT molecular complexity index is 210. The summed E-state index contributed by atoms with van der Waals surface area (Å²) in [4.78, 5) is 8.21. The zero-order chi connectivity index (χ0) is 7.40. The van der Waals surface area contributed by atoms with Gasteiger partial charge >= 0.3 is 0 Å². The van der Waals surface area contributed by atoms with E-state index in [9.17, 15) is 0 Å². The van der Waals surface area contributed by atoms with Gasteiger partial charge in [0.15, 0.2) is 0 Å². The first kappa shape index (κ1) is 7.15. The van der Waals surface area contributed by atoms with Crippen molar-refractivity contribution in [3.63, 3.8) is 0 Å². The highest BCUT2D eigenvalue weighted by molar-refractivity contribution is 5.01. The highest BCUT2D eigenvalue weighted by atomic mass is 14.8. The van der Waals surface area contributed by atoms with Crippen LogP contribution in [0, 0.1) is 6.92 Å². The number of aryl methyl sites for hydroxylation is 1. The molecule has 0 amide bonds. The van der Waals surface area contributed by atoms with Crippen LogP contribution in [-0.4, -0.2) is 16.5 Å². The van der Waals surface area contributed by atoms with Crippen molar-refractivity contribution in [1.29, 1.82) is 0 Å². The topological polar surface area (TPSA) is 51.8 Å². The van der Waals surface area contributed by atoms with E-state index in [4.69, 9.17) is 5.73 Å². The molecular weight excluding hydrogens is 126 g/mol. The van der Waals surface area contributed by atoms with Crippen molar-refractivity contribution in [2.45, 2.75) is 13.3 Å². The fourth-order valence-corrected chi connectivity index (χ4v) is 0.784. The summed E-state index contributed by atoms with van der Waals surface area (Å²) in [7, 11) is 0. The maximum Gasteiger partial charge on any atom is 0.0602 e. The molecule has 0 aliphatic rings. The molecule has 10 heavy (non-hydrogen) atoms. The van der Waals surface area contributed by atoms with Crippen molar-refractivity contribution < 1.29 is 0 Å².